The molecular weight excluding hydrogens is 222 g/mol. The van der Waals surface area contributed by atoms with Crippen molar-refractivity contribution >= 4 is 5.97 Å². The highest BCUT2D eigenvalue weighted by Gasteiger charge is 2.15. The molecule has 0 saturated heterocycles. The van der Waals surface area contributed by atoms with Gasteiger partial charge in [-0.15, -0.1) is 5.10 Å². The van der Waals surface area contributed by atoms with Gasteiger partial charge < -0.3 is 9.84 Å². The Morgan fingerprint density at radius 2 is 2.06 bits per heavy atom. The summed E-state index contributed by atoms with van der Waals surface area (Å²) in [5, 5.41) is 18.3. The number of rotatable bonds is 4. The molecule has 88 valence electrons. The largest absolute Gasteiger partial charge is 0.487 e. The molecule has 2 N–H and O–H groups in total. The summed E-state index contributed by atoms with van der Waals surface area (Å²) in [6, 6.07) is 7.46. The van der Waals surface area contributed by atoms with Crippen molar-refractivity contribution in [2.45, 2.75) is 13.5 Å². The van der Waals surface area contributed by atoms with Crippen LogP contribution in [0.15, 0.2) is 24.3 Å². The molecule has 0 spiro atoms. The molecule has 0 amide bonds. The lowest BCUT2D eigenvalue weighted by Crippen LogP contribution is -2.05. The van der Waals surface area contributed by atoms with E-state index < -0.39 is 5.97 Å². The van der Waals surface area contributed by atoms with Gasteiger partial charge in [0.25, 0.3) is 0 Å². The van der Waals surface area contributed by atoms with Gasteiger partial charge in [-0.05, 0) is 19.1 Å². The summed E-state index contributed by atoms with van der Waals surface area (Å²) in [7, 11) is 0. The van der Waals surface area contributed by atoms with Crippen molar-refractivity contribution in [2.24, 2.45) is 0 Å². The summed E-state index contributed by atoms with van der Waals surface area (Å²) in [4.78, 5) is 10.8. The summed E-state index contributed by atoms with van der Waals surface area (Å²) >= 11 is 0. The third kappa shape index (κ3) is 2.60. The molecule has 0 atom stereocenters. The molecule has 0 radical (unpaired) electrons. The zero-order valence-electron chi connectivity index (χ0n) is 9.17. The van der Waals surface area contributed by atoms with Crippen LogP contribution in [-0.4, -0.2) is 26.5 Å². The Labute approximate surface area is 97.2 Å². The van der Waals surface area contributed by atoms with E-state index in [0.717, 1.165) is 5.56 Å². The first-order valence-electron chi connectivity index (χ1n) is 4.99. The van der Waals surface area contributed by atoms with Crippen LogP contribution >= 0.6 is 0 Å². The Morgan fingerprint density at radius 3 is 2.71 bits per heavy atom. The number of carbonyl (C=O) groups is 1. The molecule has 17 heavy (non-hydrogen) atoms. The van der Waals surface area contributed by atoms with E-state index in [4.69, 9.17) is 9.84 Å². The predicted molar refractivity (Wildman–Crippen MR) is 58.9 cm³/mol. The Kier molecular flexibility index (Phi) is 3.04. The molecule has 0 aliphatic heterocycles. The molecule has 0 unspecified atom stereocenters. The fourth-order valence-electron chi connectivity index (χ4n) is 1.31. The number of nitrogens with one attached hydrogen (secondary N) is 1. The first-order valence-corrected chi connectivity index (χ1v) is 4.99. The highest BCUT2D eigenvalue weighted by atomic mass is 16.5. The first-order chi connectivity index (χ1) is 8.16. The second-order valence-electron chi connectivity index (χ2n) is 3.53. The summed E-state index contributed by atoms with van der Waals surface area (Å²) in [5.41, 5.74) is 1.29. The predicted octanol–water partition coefficient (Wildman–Crippen LogP) is 1.39. The van der Waals surface area contributed by atoms with E-state index in [-0.39, 0.29) is 18.0 Å². The maximum atomic E-state index is 10.8. The molecule has 0 aliphatic rings. The molecule has 0 fully saturated rings. The number of benzene rings is 1. The Hall–Kier alpha value is -2.37. The van der Waals surface area contributed by atoms with Crippen molar-refractivity contribution in [3.8, 4) is 5.75 Å². The SMILES string of the molecule is Cc1ccc(OCc2n[nH]nc2C(=O)O)cc1. The van der Waals surface area contributed by atoms with E-state index in [1.807, 2.05) is 31.2 Å². The normalized spacial score (nSPS) is 10.2. The minimum atomic E-state index is -1.12. The van der Waals surface area contributed by atoms with Crippen LogP contribution in [0.25, 0.3) is 0 Å². The molecule has 6 nitrogen and oxygen atoms in total. The molecule has 6 heteroatoms. The topological polar surface area (TPSA) is 88.1 Å². The zero-order valence-corrected chi connectivity index (χ0v) is 9.17. The van der Waals surface area contributed by atoms with Gasteiger partial charge in [0.15, 0.2) is 5.69 Å². The summed E-state index contributed by atoms with van der Waals surface area (Å²) in [6.45, 7) is 2.05. The van der Waals surface area contributed by atoms with Crippen LogP contribution in [0, 0.1) is 6.92 Å². The average Bonchev–Trinajstić information content (AvgIpc) is 2.76. The van der Waals surface area contributed by atoms with Crippen LogP contribution in [0.4, 0.5) is 0 Å². The summed E-state index contributed by atoms with van der Waals surface area (Å²) in [6.07, 6.45) is 0. The summed E-state index contributed by atoms with van der Waals surface area (Å²) < 4.78 is 5.41. The van der Waals surface area contributed by atoms with Crippen LogP contribution < -0.4 is 4.74 Å². The average molecular weight is 233 g/mol. The van der Waals surface area contributed by atoms with Gasteiger partial charge in [0.1, 0.15) is 18.1 Å². The van der Waals surface area contributed by atoms with E-state index in [1.165, 1.54) is 0 Å². The number of carboxylic acid groups (broad SMARTS) is 1. The van der Waals surface area contributed by atoms with Crippen LogP contribution in [0.3, 0.4) is 0 Å². The Balaban J connectivity index is 2.05. The van der Waals surface area contributed by atoms with Gasteiger partial charge >= 0.3 is 5.97 Å². The Morgan fingerprint density at radius 1 is 1.35 bits per heavy atom. The molecule has 1 aromatic heterocycles. The van der Waals surface area contributed by atoms with Crippen LogP contribution in [0.2, 0.25) is 0 Å². The van der Waals surface area contributed by atoms with Gasteiger partial charge in [0.2, 0.25) is 0 Å². The van der Waals surface area contributed by atoms with E-state index in [9.17, 15) is 4.79 Å². The highest BCUT2D eigenvalue weighted by Crippen LogP contribution is 2.13. The maximum absolute atomic E-state index is 10.8. The number of aryl methyl sites for hydroxylation is 1. The number of H-pyrrole nitrogens is 1. The van der Waals surface area contributed by atoms with E-state index >= 15 is 0 Å². The highest BCUT2D eigenvalue weighted by molar-refractivity contribution is 5.86. The summed E-state index contributed by atoms with van der Waals surface area (Å²) in [5.74, 6) is -0.462. The van der Waals surface area contributed by atoms with Crippen molar-refractivity contribution in [1.29, 1.82) is 0 Å². The van der Waals surface area contributed by atoms with Gasteiger partial charge in [0, 0.05) is 0 Å². The van der Waals surface area contributed by atoms with Crippen LogP contribution in [-0.2, 0) is 6.61 Å². The van der Waals surface area contributed by atoms with Gasteiger partial charge in [-0.2, -0.15) is 10.3 Å². The second kappa shape index (κ2) is 4.65. The van der Waals surface area contributed by atoms with Crippen molar-refractivity contribution in [3.63, 3.8) is 0 Å². The first kappa shape index (κ1) is 11.1. The van der Waals surface area contributed by atoms with Crippen molar-refractivity contribution in [2.75, 3.05) is 0 Å². The van der Waals surface area contributed by atoms with Crippen molar-refractivity contribution in [1.82, 2.24) is 15.4 Å². The van der Waals surface area contributed by atoms with E-state index in [0.29, 0.717) is 5.75 Å². The molecule has 2 rings (SSSR count). The molecule has 1 aromatic carbocycles. The van der Waals surface area contributed by atoms with E-state index in [1.54, 1.807) is 0 Å². The quantitative estimate of drug-likeness (QED) is 0.833. The minimum Gasteiger partial charge on any atom is -0.487 e. The molecule has 2 aromatic rings. The number of hydrogen-bond donors (Lipinski definition) is 2. The minimum absolute atomic E-state index is 0.0706. The fraction of sp³-hybridized carbons (Fsp3) is 0.182. The third-order valence-corrected chi connectivity index (χ3v) is 2.22. The number of ether oxygens (including phenoxy) is 1. The lowest BCUT2D eigenvalue weighted by Gasteiger charge is -2.04. The number of carboxylic acids is 1. The standard InChI is InChI=1S/C11H11N3O3/c1-7-2-4-8(5-3-7)17-6-9-10(11(15)16)13-14-12-9/h2-5H,6H2,1H3,(H,15,16)(H,12,13,14). The third-order valence-electron chi connectivity index (χ3n) is 2.22. The van der Waals surface area contributed by atoms with E-state index in [2.05, 4.69) is 15.4 Å². The van der Waals surface area contributed by atoms with Gasteiger partial charge in [-0.25, -0.2) is 4.79 Å². The molecular formula is C11H11N3O3. The monoisotopic (exact) mass is 233 g/mol. The zero-order chi connectivity index (χ0) is 12.3. The molecule has 0 aliphatic carbocycles. The molecule has 0 bridgehead atoms. The number of nitrogens with zero attached hydrogens (tertiary/aromatic N) is 2. The second-order valence-corrected chi connectivity index (χ2v) is 3.53. The number of aromatic amines is 1. The van der Waals surface area contributed by atoms with Crippen LogP contribution in [0.5, 0.6) is 5.75 Å². The van der Waals surface area contributed by atoms with Gasteiger partial charge in [0.05, 0.1) is 0 Å². The van der Waals surface area contributed by atoms with Gasteiger partial charge in [-0.3, -0.25) is 0 Å². The lowest BCUT2D eigenvalue weighted by molar-refractivity contribution is 0.0687. The van der Waals surface area contributed by atoms with Crippen LogP contribution in [0.1, 0.15) is 21.7 Å². The number of hydrogen-bond acceptors (Lipinski definition) is 4. The molecule has 1 heterocycles. The Bertz CT molecular complexity index is 519. The lowest BCUT2D eigenvalue weighted by atomic mass is 10.2. The fourth-order valence-corrected chi connectivity index (χ4v) is 1.31. The smallest absolute Gasteiger partial charge is 0.358 e. The van der Waals surface area contributed by atoms with Crippen molar-refractivity contribution < 1.29 is 14.6 Å². The maximum Gasteiger partial charge on any atom is 0.358 e. The number of aromatic nitrogens is 3. The number of aromatic carboxylic acids is 1. The van der Waals surface area contributed by atoms with Gasteiger partial charge in [-0.1, -0.05) is 17.7 Å². The molecule has 0 saturated carbocycles. The van der Waals surface area contributed by atoms with Crippen molar-refractivity contribution in [3.05, 3.63) is 41.2 Å².